The molecule has 2 aromatic carbocycles. The molecule has 1 fully saturated rings. The Kier molecular flexibility index (Phi) is 6.87. The first kappa shape index (κ1) is 28.9. The summed E-state index contributed by atoms with van der Waals surface area (Å²) >= 11 is 0. The molecule has 1 amide bonds. The molecule has 43 heavy (non-hydrogen) atoms. The van der Waals surface area contributed by atoms with Crippen molar-refractivity contribution in [2.45, 2.75) is 50.4 Å². The number of primary amides is 1. The van der Waals surface area contributed by atoms with Crippen LogP contribution in [0.25, 0.3) is 11.1 Å². The van der Waals surface area contributed by atoms with E-state index in [1.807, 2.05) is 18.2 Å². The van der Waals surface area contributed by atoms with Gasteiger partial charge in [0.05, 0.1) is 18.8 Å². The van der Waals surface area contributed by atoms with Crippen molar-refractivity contribution in [3.63, 3.8) is 0 Å². The molecule has 0 aromatic heterocycles. The SMILES string of the molecule is COc1ccc(CN2CCCC2)cc1-c1ccc(O)c2c1[C@H](C)[C@@H]1C(=C(O)[C@]3(O)C(=O)C(C(N)=O)=C(O)C[C@@H]3[C@H]1O)C2=O. The topological polar surface area (TPSA) is 191 Å². The summed E-state index contributed by atoms with van der Waals surface area (Å²) in [5, 5.41) is 56.0. The molecule has 1 heterocycles. The highest BCUT2D eigenvalue weighted by molar-refractivity contribution is 6.24. The van der Waals surface area contributed by atoms with Gasteiger partial charge in [0.1, 0.15) is 28.6 Å². The maximum Gasteiger partial charge on any atom is 0.255 e. The second-order valence-electron chi connectivity index (χ2n) is 11.9. The number of carbonyl (C=O) groups excluding carboxylic acids is 3. The number of aliphatic hydroxyl groups excluding tert-OH is 3. The van der Waals surface area contributed by atoms with Crippen LogP contribution in [0.5, 0.6) is 11.5 Å². The third kappa shape index (κ3) is 4.10. The van der Waals surface area contributed by atoms with Crippen molar-refractivity contribution >= 4 is 17.5 Å². The monoisotopic (exact) mass is 590 g/mol. The molecule has 0 spiro atoms. The maximum absolute atomic E-state index is 14.1. The minimum atomic E-state index is -2.88. The van der Waals surface area contributed by atoms with Crippen molar-refractivity contribution in [1.29, 1.82) is 0 Å². The van der Waals surface area contributed by atoms with E-state index < -0.39 is 76.0 Å². The maximum atomic E-state index is 14.1. The van der Waals surface area contributed by atoms with Gasteiger partial charge in [-0.15, -0.1) is 0 Å². The highest BCUT2D eigenvalue weighted by Crippen LogP contribution is 2.56. The molecular formula is C32H34N2O9. The van der Waals surface area contributed by atoms with Crippen LogP contribution < -0.4 is 10.5 Å². The number of rotatable bonds is 5. The summed E-state index contributed by atoms with van der Waals surface area (Å²) in [5.74, 6) is -8.51. The lowest BCUT2D eigenvalue weighted by atomic mass is 9.56. The van der Waals surface area contributed by atoms with Crippen LogP contribution in [0.1, 0.15) is 53.6 Å². The van der Waals surface area contributed by atoms with Crippen LogP contribution in [0.15, 0.2) is 53.0 Å². The van der Waals surface area contributed by atoms with Gasteiger partial charge in [0.25, 0.3) is 5.91 Å². The van der Waals surface area contributed by atoms with E-state index in [0.29, 0.717) is 22.4 Å². The van der Waals surface area contributed by atoms with E-state index in [1.165, 1.54) is 13.2 Å². The van der Waals surface area contributed by atoms with Gasteiger partial charge in [-0.3, -0.25) is 19.3 Å². The molecule has 1 aliphatic heterocycles. The molecule has 226 valence electrons. The van der Waals surface area contributed by atoms with Crippen LogP contribution in [-0.4, -0.2) is 79.8 Å². The first-order valence-electron chi connectivity index (χ1n) is 14.3. The molecule has 11 heteroatoms. The van der Waals surface area contributed by atoms with E-state index in [4.69, 9.17) is 10.5 Å². The molecule has 0 radical (unpaired) electrons. The second kappa shape index (κ2) is 10.2. The van der Waals surface area contributed by atoms with Gasteiger partial charge in [0, 0.05) is 35.9 Å². The van der Waals surface area contributed by atoms with Gasteiger partial charge >= 0.3 is 0 Å². The van der Waals surface area contributed by atoms with Gasteiger partial charge in [-0.05, 0) is 66.7 Å². The fraction of sp³-hybridized carbons (Fsp3) is 0.406. The third-order valence-electron chi connectivity index (χ3n) is 9.64. The normalized spacial score (nSPS) is 28.9. The van der Waals surface area contributed by atoms with Crippen LogP contribution >= 0.6 is 0 Å². The number of methoxy groups -OCH3 is 1. The largest absolute Gasteiger partial charge is 0.511 e. The van der Waals surface area contributed by atoms with Gasteiger partial charge in [0.2, 0.25) is 5.78 Å². The lowest BCUT2D eigenvalue weighted by Gasteiger charge is -2.50. The number of benzene rings is 2. The minimum absolute atomic E-state index is 0.138. The molecule has 11 nitrogen and oxygen atoms in total. The number of Topliss-reactive ketones (excluding diaryl/α,β-unsaturated/α-hetero) is 2. The lowest BCUT2D eigenvalue weighted by Crippen LogP contribution is -2.62. The number of aromatic hydroxyl groups is 1. The Morgan fingerprint density at radius 2 is 1.79 bits per heavy atom. The van der Waals surface area contributed by atoms with Crippen molar-refractivity contribution < 1.29 is 44.7 Å². The number of fused-ring (bicyclic) bond motifs is 3. The quantitative estimate of drug-likeness (QED) is 0.282. The van der Waals surface area contributed by atoms with Crippen LogP contribution in [0.4, 0.5) is 0 Å². The minimum Gasteiger partial charge on any atom is -0.511 e. The summed E-state index contributed by atoms with van der Waals surface area (Å²) in [6, 6.07) is 8.84. The number of amides is 1. The number of hydrogen-bond donors (Lipinski definition) is 6. The van der Waals surface area contributed by atoms with E-state index in [9.17, 15) is 39.9 Å². The van der Waals surface area contributed by atoms with Crippen molar-refractivity contribution in [2.24, 2.45) is 17.6 Å². The molecule has 7 N–H and O–H groups in total. The zero-order valence-electron chi connectivity index (χ0n) is 23.8. The van der Waals surface area contributed by atoms with E-state index >= 15 is 0 Å². The standard InChI is InChI=1S/C32H34N2O9/c1-14-22-16(17-11-15(5-8-21(17)43-2)13-34-9-3-4-10-34)6-7-19(35)24(22)28(38)26-23(14)27(37)18-12-20(36)25(31(33)41)29(39)32(18,42)30(26)40/h5-8,11,14,18,23,27,35-37,40,42H,3-4,9-10,12-13H2,1-2H3,(H2,33,41)/t14-,18+,23+,27+,32+/m0/s1. The third-order valence-corrected chi connectivity index (χ3v) is 9.64. The Morgan fingerprint density at radius 3 is 2.44 bits per heavy atom. The molecule has 6 rings (SSSR count). The fourth-order valence-corrected chi connectivity index (χ4v) is 7.57. The van der Waals surface area contributed by atoms with Crippen molar-refractivity contribution in [1.82, 2.24) is 4.90 Å². The number of likely N-dealkylation sites (tertiary alicyclic amines) is 1. The van der Waals surface area contributed by atoms with Crippen molar-refractivity contribution in [3.05, 3.63) is 69.7 Å². The molecule has 0 saturated carbocycles. The summed E-state index contributed by atoms with van der Waals surface area (Å²) in [6.45, 7) is 4.45. The molecule has 3 aliphatic carbocycles. The molecule has 0 bridgehead atoms. The number of hydrogen-bond acceptors (Lipinski definition) is 10. The molecule has 5 atom stereocenters. The van der Waals surface area contributed by atoms with E-state index in [2.05, 4.69) is 4.90 Å². The van der Waals surface area contributed by atoms with E-state index in [-0.39, 0.29) is 11.3 Å². The summed E-state index contributed by atoms with van der Waals surface area (Å²) < 4.78 is 5.69. The van der Waals surface area contributed by atoms with Crippen LogP contribution in [0.3, 0.4) is 0 Å². The first-order valence-corrected chi connectivity index (χ1v) is 14.3. The van der Waals surface area contributed by atoms with Crippen LogP contribution in [0, 0.1) is 11.8 Å². The number of phenols is 1. The number of nitrogens with two attached hydrogens (primary N) is 1. The Morgan fingerprint density at radius 1 is 1.09 bits per heavy atom. The summed E-state index contributed by atoms with van der Waals surface area (Å²) in [5.41, 5.74) is 3.60. The van der Waals surface area contributed by atoms with Crippen molar-refractivity contribution in [3.8, 4) is 22.6 Å². The van der Waals surface area contributed by atoms with Gasteiger partial charge in [-0.1, -0.05) is 19.1 Å². The molecule has 0 unspecified atom stereocenters. The Balaban J connectivity index is 1.53. The van der Waals surface area contributed by atoms with E-state index in [0.717, 1.165) is 38.0 Å². The van der Waals surface area contributed by atoms with Crippen molar-refractivity contribution in [2.75, 3.05) is 20.2 Å². The molecule has 4 aliphatic rings. The van der Waals surface area contributed by atoms with Crippen LogP contribution in [0.2, 0.25) is 0 Å². The van der Waals surface area contributed by atoms with Crippen LogP contribution in [-0.2, 0) is 16.1 Å². The average molecular weight is 591 g/mol. The summed E-state index contributed by atoms with van der Waals surface area (Å²) in [7, 11) is 1.53. The summed E-state index contributed by atoms with van der Waals surface area (Å²) in [6.07, 6.45) is 0.129. The Hall–Kier alpha value is -4.19. The molecular weight excluding hydrogens is 556 g/mol. The number of phenolic OH excluding ortho intramolecular Hbond substituents is 1. The van der Waals surface area contributed by atoms with Gasteiger partial charge < -0.3 is 36.0 Å². The summed E-state index contributed by atoms with van der Waals surface area (Å²) in [4.78, 5) is 41.7. The Labute approximate surface area is 247 Å². The number of ether oxygens (including phenoxy) is 1. The van der Waals surface area contributed by atoms with Gasteiger partial charge in [-0.25, -0.2) is 0 Å². The first-order chi connectivity index (χ1) is 20.4. The average Bonchev–Trinajstić information content (AvgIpc) is 3.48. The zero-order chi connectivity index (χ0) is 31.0. The van der Waals surface area contributed by atoms with E-state index in [1.54, 1.807) is 13.0 Å². The van der Waals surface area contributed by atoms with Gasteiger partial charge in [-0.2, -0.15) is 0 Å². The predicted octanol–water partition coefficient (Wildman–Crippen LogP) is 2.38. The number of aliphatic hydroxyl groups is 4. The lowest BCUT2D eigenvalue weighted by molar-refractivity contribution is -0.154. The fourth-order valence-electron chi connectivity index (χ4n) is 7.57. The highest BCUT2D eigenvalue weighted by atomic mass is 16.5. The van der Waals surface area contributed by atoms with Gasteiger partial charge in [0.15, 0.2) is 11.4 Å². The molecule has 2 aromatic rings. The number of carbonyl (C=O) groups is 3. The number of ketones is 2. The molecule has 1 saturated heterocycles. The highest BCUT2D eigenvalue weighted by Gasteiger charge is 2.64. The second-order valence-corrected chi connectivity index (χ2v) is 11.9. The zero-order valence-corrected chi connectivity index (χ0v) is 23.8. The Bertz CT molecular complexity index is 1640. The number of allylic oxidation sites excluding steroid dienone is 1. The predicted molar refractivity (Wildman–Crippen MR) is 153 cm³/mol. The smallest absolute Gasteiger partial charge is 0.255 e. The number of nitrogens with zero attached hydrogens (tertiary/aromatic N) is 1.